The van der Waals surface area contributed by atoms with Gasteiger partial charge in [-0.15, -0.1) is 0 Å². The normalized spacial score (nSPS) is 12.3. The van der Waals surface area contributed by atoms with Gasteiger partial charge in [-0.2, -0.15) is 30.7 Å². The summed E-state index contributed by atoms with van der Waals surface area (Å²) in [5.74, 6) is -7.34. The Balaban J connectivity index is 0.000000724. The number of aryl methyl sites for hydroxylation is 2. The number of benzene rings is 3. The molecule has 3 aromatic carbocycles. The van der Waals surface area contributed by atoms with Crippen LogP contribution in [-0.4, -0.2) is 30.0 Å². The zero-order valence-corrected chi connectivity index (χ0v) is 24.4. The molecule has 0 aliphatic rings. The van der Waals surface area contributed by atoms with Crippen LogP contribution in [0.15, 0.2) is 71.1 Å². The molecule has 0 bridgehead atoms. The molecule has 1 heterocycles. The van der Waals surface area contributed by atoms with Crippen LogP contribution in [0.5, 0.6) is 11.5 Å². The van der Waals surface area contributed by atoms with Crippen molar-refractivity contribution in [2.24, 2.45) is 0 Å². The maximum atomic E-state index is 14.4. The molecule has 248 valence electrons. The Bertz CT molecular complexity index is 1610. The highest BCUT2D eigenvalue weighted by molar-refractivity contribution is 5.94. The molecule has 6 nitrogen and oxygen atoms in total. The molecule has 46 heavy (non-hydrogen) atoms. The third kappa shape index (κ3) is 9.65. The lowest BCUT2D eigenvalue weighted by atomic mass is 9.97. The van der Waals surface area contributed by atoms with Crippen LogP contribution in [0.4, 0.5) is 39.5 Å². The Morgan fingerprint density at radius 2 is 1.61 bits per heavy atom. The van der Waals surface area contributed by atoms with Crippen molar-refractivity contribution in [1.29, 1.82) is 0 Å². The number of carbonyl (C=O) groups is 1. The van der Waals surface area contributed by atoms with Crippen molar-refractivity contribution in [1.82, 2.24) is 10.3 Å². The van der Waals surface area contributed by atoms with Crippen LogP contribution < -0.4 is 14.8 Å². The summed E-state index contributed by atoms with van der Waals surface area (Å²) in [7, 11) is 0. The van der Waals surface area contributed by atoms with Gasteiger partial charge in [-0.1, -0.05) is 48.9 Å². The van der Waals surface area contributed by atoms with Gasteiger partial charge >= 0.3 is 18.7 Å². The molecule has 1 atom stereocenters. The topological polar surface area (TPSA) is 73.6 Å². The van der Waals surface area contributed by atoms with E-state index in [9.17, 15) is 44.3 Å². The molecule has 0 aliphatic heterocycles. The highest BCUT2D eigenvalue weighted by atomic mass is 19.4. The summed E-state index contributed by atoms with van der Waals surface area (Å²) in [5, 5.41) is 2.14. The highest BCUT2D eigenvalue weighted by Gasteiger charge is 2.44. The van der Waals surface area contributed by atoms with Crippen molar-refractivity contribution in [2.75, 3.05) is 6.61 Å². The van der Waals surface area contributed by atoms with Crippen LogP contribution in [0.25, 0.3) is 0 Å². The van der Waals surface area contributed by atoms with E-state index in [1.807, 2.05) is 18.2 Å². The minimum Gasteiger partial charge on any atom is -0.491 e. The second-order valence-electron chi connectivity index (χ2n) is 9.69. The third-order valence-corrected chi connectivity index (χ3v) is 5.91. The minimum atomic E-state index is -5.14. The minimum absolute atomic E-state index is 0.0468. The van der Waals surface area contributed by atoms with E-state index in [0.717, 1.165) is 25.1 Å². The Kier molecular flexibility index (Phi) is 11.7. The molecule has 0 saturated carbocycles. The molecule has 4 rings (SSSR count). The first-order valence-electron chi connectivity index (χ1n) is 13.5. The van der Waals surface area contributed by atoms with Gasteiger partial charge < -0.3 is 19.2 Å². The zero-order chi connectivity index (χ0) is 34.2. The standard InChI is InChI=1S/C24H19F9N2O4.C7H8/c1-3-6-37-17-9-12(4-5-16(17)26)18(35-21(36)19-20(23(29,30)31)38-11(2)34-19)13-7-14(25)10-15(8-13)39-24(32,33)22(27)28;1-7-5-3-2-4-6-7/h4-5,7-10,18,22H,3,6H2,1-2H3,(H,35,36);2-6H,1H3/t18-;/m1./s1. The molecule has 0 unspecified atom stereocenters. The average molecular weight is 663 g/mol. The lowest BCUT2D eigenvalue weighted by Gasteiger charge is -2.22. The predicted molar refractivity (Wildman–Crippen MR) is 147 cm³/mol. The summed E-state index contributed by atoms with van der Waals surface area (Å²) >= 11 is 0. The van der Waals surface area contributed by atoms with Gasteiger partial charge in [0.05, 0.1) is 12.6 Å². The van der Waals surface area contributed by atoms with Crippen LogP contribution in [0.1, 0.15) is 58.2 Å². The zero-order valence-electron chi connectivity index (χ0n) is 24.4. The number of nitrogens with one attached hydrogen (secondary N) is 1. The van der Waals surface area contributed by atoms with E-state index in [-0.39, 0.29) is 17.9 Å². The van der Waals surface area contributed by atoms with Crippen LogP contribution in [0.3, 0.4) is 0 Å². The van der Waals surface area contributed by atoms with Crippen LogP contribution in [-0.2, 0) is 6.18 Å². The van der Waals surface area contributed by atoms with Crippen LogP contribution in [0, 0.1) is 25.5 Å². The second-order valence-corrected chi connectivity index (χ2v) is 9.69. The molecule has 1 amide bonds. The Morgan fingerprint density at radius 3 is 2.17 bits per heavy atom. The van der Waals surface area contributed by atoms with Gasteiger partial charge in [0.1, 0.15) is 11.6 Å². The molecule has 0 aliphatic carbocycles. The number of hydrogen-bond donors (Lipinski definition) is 1. The SMILES string of the molecule is CCCOc1cc([C@@H](NC(=O)c2nc(C)oc2C(F)(F)F)c2cc(F)cc(OC(F)(F)C(F)F)c2)ccc1F.Cc1ccccc1. The first-order valence-corrected chi connectivity index (χ1v) is 13.5. The molecule has 0 radical (unpaired) electrons. The fourth-order valence-electron chi connectivity index (χ4n) is 3.90. The summed E-state index contributed by atoms with van der Waals surface area (Å²) in [6, 6.07) is 13.2. The van der Waals surface area contributed by atoms with E-state index >= 15 is 0 Å². The van der Waals surface area contributed by atoms with Gasteiger partial charge in [-0.25, -0.2) is 13.8 Å². The molecule has 1 N–H and O–H groups in total. The quantitative estimate of drug-likeness (QED) is 0.172. The lowest BCUT2D eigenvalue weighted by molar-refractivity contribution is -0.253. The smallest absolute Gasteiger partial charge is 0.461 e. The third-order valence-electron chi connectivity index (χ3n) is 5.91. The van der Waals surface area contributed by atoms with Crippen molar-refractivity contribution in [2.45, 2.75) is 51.9 Å². The maximum absolute atomic E-state index is 14.4. The van der Waals surface area contributed by atoms with E-state index < -0.39 is 71.0 Å². The molecule has 0 spiro atoms. The molecule has 1 aromatic heterocycles. The number of carbonyl (C=O) groups excluding carboxylic acids is 1. The number of aromatic nitrogens is 1. The summed E-state index contributed by atoms with van der Waals surface area (Å²) < 4.78 is 135. The Hall–Kier alpha value is -4.69. The number of amides is 1. The van der Waals surface area contributed by atoms with Crippen molar-refractivity contribution in [3.8, 4) is 11.5 Å². The number of alkyl halides is 7. The van der Waals surface area contributed by atoms with E-state index in [1.54, 1.807) is 6.92 Å². The molecule has 0 fully saturated rings. The van der Waals surface area contributed by atoms with Gasteiger partial charge in [0.25, 0.3) is 5.91 Å². The van der Waals surface area contributed by atoms with E-state index in [0.29, 0.717) is 24.6 Å². The first-order chi connectivity index (χ1) is 21.5. The van der Waals surface area contributed by atoms with E-state index in [2.05, 4.69) is 38.5 Å². The van der Waals surface area contributed by atoms with Crippen molar-refractivity contribution in [3.63, 3.8) is 0 Å². The Labute approximate surface area is 257 Å². The lowest BCUT2D eigenvalue weighted by Crippen LogP contribution is -2.34. The van der Waals surface area contributed by atoms with Crippen molar-refractivity contribution < 1.29 is 58.2 Å². The summed E-state index contributed by atoms with van der Waals surface area (Å²) in [5.41, 5.74) is -0.429. The summed E-state index contributed by atoms with van der Waals surface area (Å²) in [6.45, 7) is 4.89. The van der Waals surface area contributed by atoms with Crippen molar-refractivity contribution in [3.05, 3.63) is 112 Å². The summed E-state index contributed by atoms with van der Waals surface area (Å²) in [4.78, 5) is 16.3. The van der Waals surface area contributed by atoms with Gasteiger partial charge in [0.2, 0.25) is 5.76 Å². The molecule has 15 heteroatoms. The number of rotatable bonds is 10. The fraction of sp³-hybridized carbons (Fsp3) is 0.290. The predicted octanol–water partition coefficient (Wildman–Crippen LogP) is 8.82. The highest BCUT2D eigenvalue weighted by Crippen LogP contribution is 2.35. The maximum Gasteiger partial charge on any atom is 0.461 e. The average Bonchev–Trinajstić information content (AvgIpc) is 3.38. The number of nitrogens with zero attached hydrogens (tertiary/aromatic N) is 1. The number of hydrogen-bond acceptors (Lipinski definition) is 5. The van der Waals surface area contributed by atoms with Crippen molar-refractivity contribution >= 4 is 5.91 Å². The number of oxazole rings is 1. The first kappa shape index (κ1) is 35.8. The van der Waals surface area contributed by atoms with Gasteiger partial charge in [0.15, 0.2) is 23.2 Å². The van der Waals surface area contributed by atoms with E-state index in [1.165, 1.54) is 5.56 Å². The van der Waals surface area contributed by atoms with Crippen LogP contribution >= 0.6 is 0 Å². The fourth-order valence-corrected chi connectivity index (χ4v) is 3.90. The largest absolute Gasteiger partial charge is 0.491 e. The molecular weight excluding hydrogens is 635 g/mol. The number of ether oxygens (including phenoxy) is 2. The monoisotopic (exact) mass is 662 g/mol. The molecule has 4 aromatic rings. The van der Waals surface area contributed by atoms with Gasteiger partial charge in [-0.3, -0.25) is 4.79 Å². The van der Waals surface area contributed by atoms with E-state index in [4.69, 9.17) is 4.74 Å². The molecule has 0 saturated heterocycles. The summed E-state index contributed by atoms with van der Waals surface area (Å²) in [6.07, 6.45) is -14.0. The number of halogens is 9. The molecular formula is C31H27F9N2O4. The van der Waals surface area contributed by atoms with Gasteiger partial charge in [0, 0.05) is 13.0 Å². The second kappa shape index (κ2) is 15.1. The Morgan fingerprint density at radius 1 is 0.935 bits per heavy atom. The van der Waals surface area contributed by atoms with Crippen LogP contribution in [0.2, 0.25) is 0 Å². The van der Waals surface area contributed by atoms with Gasteiger partial charge in [-0.05, 0) is 48.7 Å².